The second-order valence-electron chi connectivity index (χ2n) is 7.48. The van der Waals surface area contributed by atoms with Crippen LogP contribution in [0.25, 0.3) is 0 Å². The lowest BCUT2D eigenvalue weighted by Gasteiger charge is -2.33. The Bertz CT molecular complexity index is 466. The van der Waals surface area contributed by atoms with Crippen molar-refractivity contribution in [3.8, 4) is 0 Å². The molecule has 1 amide bonds. The van der Waals surface area contributed by atoms with E-state index >= 15 is 0 Å². The van der Waals surface area contributed by atoms with Gasteiger partial charge in [0.2, 0.25) is 6.41 Å². The van der Waals surface area contributed by atoms with Crippen LogP contribution in [-0.2, 0) is 9.59 Å². The molecule has 2 aliphatic carbocycles. The third-order valence-electron chi connectivity index (χ3n) is 4.65. The van der Waals surface area contributed by atoms with Crippen LogP contribution < -0.4 is 10.5 Å². The zero-order chi connectivity index (χ0) is 21.3. The monoisotopic (exact) mass is 418 g/mol. The molecule has 0 spiro atoms. The van der Waals surface area contributed by atoms with Crippen molar-refractivity contribution in [1.82, 2.24) is 4.72 Å². The molecule has 7 heteroatoms. The zero-order valence-electron chi connectivity index (χ0n) is 17.2. The lowest BCUT2D eigenvalue weighted by Crippen LogP contribution is -2.18. The van der Waals surface area contributed by atoms with E-state index in [0.717, 1.165) is 5.92 Å². The van der Waals surface area contributed by atoms with E-state index in [1.54, 1.807) is 12.6 Å². The van der Waals surface area contributed by atoms with E-state index in [2.05, 4.69) is 50.1 Å². The molecule has 0 atom stereocenters. The fourth-order valence-corrected chi connectivity index (χ4v) is 3.77. The second kappa shape index (κ2) is 17.2. The van der Waals surface area contributed by atoms with Crippen molar-refractivity contribution in [2.45, 2.75) is 72.1 Å². The van der Waals surface area contributed by atoms with Gasteiger partial charge in [0.25, 0.3) is 6.47 Å². The number of primary amides is 1. The van der Waals surface area contributed by atoms with Crippen molar-refractivity contribution in [2.24, 2.45) is 17.1 Å². The fraction of sp³-hybridized carbons (Fsp3) is 0.700. The van der Waals surface area contributed by atoms with Crippen LogP contribution in [0.1, 0.15) is 72.1 Å². The van der Waals surface area contributed by atoms with E-state index in [0.29, 0.717) is 5.41 Å². The van der Waals surface area contributed by atoms with Crippen molar-refractivity contribution in [2.75, 3.05) is 7.05 Å². The van der Waals surface area contributed by atoms with Crippen molar-refractivity contribution < 1.29 is 14.7 Å². The van der Waals surface area contributed by atoms with Crippen molar-refractivity contribution in [1.29, 1.82) is 0 Å². The molecule has 158 valence electrons. The number of hydrogen-bond donors (Lipinski definition) is 5. The predicted molar refractivity (Wildman–Crippen MR) is 121 cm³/mol. The number of carbonyl (C=O) groups is 2. The number of rotatable bonds is 2. The molecule has 2 rings (SSSR count). The summed E-state index contributed by atoms with van der Waals surface area (Å²) in [5.74, 6) is 0.831. The minimum Gasteiger partial charge on any atom is -0.483 e. The van der Waals surface area contributed by atoms with Gasteiger partial charge in [-0.15, -0.1) is 12.6 Å². The van der Waals surface area contributed by atoms with Gasteiger partial charge in [-0.3, -0.25) is 14.3 Å². The van der Waals surface area contributed by atoms with E-state index in [9.17, 15) is 0 Å². The number of carboxylic acid groups (broad SMARTS) is 1. The van der Waals surface area contributed by atoms with E-state index in [-0.39, 0.29) is 12.9 Å². The summed E-state index contributed by atoms with van der Waals surface area (Å²) in [5, 5.41) is 6.89. The third-order valence-corrected chi connectivity index (χ3v) is 5.15. The Morgan fingerprint density at radius 3 is 2.15 bits per heavy atom. The zero-order valence-corrected chi connectivity index (χ0v) is 19.0. The van der Waals surface area contributed by atoms with Gasteiger partial charge in [0.1, 0.15) is 0 Å². The molecule has 0 saturated heterocycles. The summed E-state index contributed by atoms with van der Waals surface area (Å²) in [7, 11) is 1.74. The van der Waals surface area contributed by atoms with Crippen LogP contribution in [0.2, 0.25) is 0 Å². The standard InChI is InChI=1S/C17H28S.CH3NO.CH5NS.CH2O2/c1-13(11-14-7-5-4-6-8-14)15-12-17(2,3)10-9-16(15)18;2-1-3;1-2-3;2-1-3/h11,14,18H,4-10,12H2,1-3H3;1H,(H2,2,3);2-3H,1H3;1H,(H,2,3)/b13-11+;;;. The minimum absolute atomic E-state index is 0.250. The summed E-state index contributed by atoms with van der Waals surface area (Å²) >= 11 is 8.27. The van der Waals surface area contributed by atoms with Gasteiger partial charge >= 0.3 is 0 Å². The third kappa shape index (κ3) is 14.8. The normalized spacial score (nSPS) is 19.3. The first-order chi connectivity index (χ1) is 12.7. The molecular formula is C20H38N2O3S2. The van der Waals surface area contributed by atoms with Gasteiger partial charge in [-0.2, -0.15) is 0 Å². The van der Waals surface area contributed by atoms with Crippen LogP contribution in [0.3, 0.4) is 0 Å². The average molecular weight is 419 g/mol. The van der Waals surface area contributed by atoms with E-state index in [1.807, 2.05) is 0 Å². The van der Waals surface area contributed by atoms with Crippen LogP contribution in [-0.4, -0.2) is 25.0 Å². The Kier molecular flexibility index (Phi) is 18.0. The number of nitrogens with one attached hydrogen (secondary N) is 1. The van der Waals surface area contributed by atoms with Gasteiger partial charge in [-0.25, -0.2) is 0 Å². The van der Waals surface area contributed by atoms with E-state index < -0.39 is 0 Å². The van der Waals surface area contributed by atoms with E-state index in [1.165, 1.54) is 61.8 Å². The second-order valence-corrected chi connectivity index (χ2v) is 8.47. The number of amides is 1. The van der Waals surface area contributed by atoms with Crippen LogP contribution >= 0.6 is 25.4 Å². The molecule has 0 aromatic carbocycles. The van der Waals surface area contributed by atoms with Gasteiger partial charge in [-0.05, 0) is 67.9 Å². The van der Waals surface area contributed by atoms with Crippen LogP contribution in [0, 0.1) is 11.3 Å². The number of hydrogen-bond acceptors (Lipinski definition) is 5. The smallest absolute Gasteiger partial charge is 0.290 e. The summed E-state index contributed by atoms with van der Waals surface area (Å²) in [4.78, 5) is 18.3. The first kappa shape index (κ1) is 28.3. The molecule has 1 fully saturated rings. The van der Waals surface area contributed by atoms with Crippen molar-refractivity contribution in [3.05, 3.63) is 22.1 Å². The van der Waals surface area contributed by atoms with E-state index in [4.69, 9.17) is 27.3 Å². The maximum absolute atomic E-state index is 8.58. The maximum Gasteiger partial charge on any atom is 0.290 e. The summed E-state index contributed by atoms with van der Waals surface area (Å²) in [5.41, 5.74) is 7.68. The molecule has 0 aliphatic heterocycles. The molecule has 4 N–H and O–H groups in total. The number of carbonyl (C=O) groups excluding carboxylic acids is 1. The number of thiol groups is 2. The molecule has 0 aromatic heterocycles. The van der Waals surface area contributed by atoms with Gasteiger partial charge in [-0.1, -0.05) is 57.6 Å². The molecule has 0 bridgehead atoms. The quantitative estimate of drug-likeness (QED) is 0.330. The van der Waals surface area contributed by atoms with Gasteiger partial charge in [0.15, 0.2) is 0 Å². The first-order valence-electron chi connectivity index (χ1n) is 9.36. The largest absolute Gasteiger partial charge is 0.483 e. The summed E-state index contributed by atoms with van der Waals surface area (Å²) in [6.45, 7) is 6.84. The fourth-order valence-electron chi connectivity index (χ4n) is 3.40. The van der Waals surface area contributed by atoms with Crippen molar-refractivity contribution >= 4 is 38.3 Å². The average Bonchev–Trinajstić information content (AvgIpc) is 2.60. The molecular weight excluding hydrogens is 380 g/mol. The molecule has 0 aromatic rings. The Morgan fingerprint density at radius 2 is 1.70 bits per heavy atom. The van der Waals surface area contributed by atoms with Crippen LogP contribution in [0.5, 0.6) is 0 Å². The highest BCUT2D eigenvalue weighted by atomic mass is 32.1. The topological polar surface area (TPSA) is 92.4 Å². The Balaban J connectivity index is 0. The maximum atomic E-state index is 8.58. The molecule has 0 unspecified atom stereocenters. The summed E-state index contributed by atoms with van der Waals surface area (Å²) in [6, 6.07) is 0. The van der Waals surface area contributed by atoms with Gasteiger partial charge in [0.05, 0.1) is 0 Å². The molecule has 2 aliphatic rings. The Morgan fingerprint density at radius 1 is 1.26 bits per heavy atom. The Labute approximate surface area is 176 Å². The number of nitrogens with two attached hydrogens (primary N) is 1. The number of allylic oxidation sites excluding steroid dienone is 4. The molecule has 1 saturated carbocycles. The molecule has 5 nitrogen and oxygen atoms in total. The van der Waals surface area contributed by atoms with Crippen molar-refractivity contribution in [3.63, 3.8) is 0 Å². The summed E-state index contributed by atoms with van der Waals surface area (Å²) in [6.07, 6.45) is 13.5. The molecule has 0 heterocycles. The highest BCUT2D eigenvalue weighted by molar-refractivity contribution is 7.84. The molecule has 27 heavy (non-hydrogen) atoms. The Hall–Kier alpha value is -0.920. The SMILES string of the molecule is C/C(=C\C1CCCCC1)C1=C(S)CCC(C)(C)C1.CNS.NC=O.O=CO. The predicted octanol–water partition coefficient (Wildman–Crippen LogP) is 4.76. The van der Waals surface area contributed by atoms with Crippen LogP contribution in [0.4, 0.5) is 0 Å². The highest BCUT2D eigenvalue weighted by Gasteiger charge is 2.26. The highest BCUT2D eigenvalue weighted by Crippen LogP contribution is 2.43. The summed E-state index contributed by atoms with van der Waals surface area (Å²) < 4.78 is 2.44. The lowest BCUT2D eigenvalue weighted by atomic mass is 9.75. The minimum atomic E-state index is -0.250. The molecule has 0 radical (unpaired) electrons. The van der Waals surface area contributed by atoms with Gasteiger partial charge < -0.3 is 10.8 Å². The van der Waals surface area contributed by atoms with Crippen LogP contribution in [0.15, 0.2) is 22.1 Å². The lowest BCUT2D eigenvalue weighted by molar-refractivity contribution is -0.122. The van der Waals surface area contributed by atoms with Gasteiger partial charge in [0, 0.05) is 0 Å². The first-order valence-corrected chi connectivity index (χ1v) is 10.3.